The van der Waals surface area contributed by atoms with Crippen LogP contribution in [0.1, 0.15) is 105 Å². The molecule has 0 aliphatic rings. The fourth-order valence-electron chi connectivity index (χ4n) is 3.34. The van der Waals surface area contributed by atoms with Crippen LogP contribution in [0.25, 0.3) is 0 Å². The Morgan fingerprint density at radius 2 is 0.720 bits per heavy atom. The molecule has 0 amide bonds. The smallest absolute Gasteiger partial charge is 0.375 e. The van der Waals surface area contributed by atoms with Gasteiger partial charge in [0.15, 0.2) is 0 Å². The van der Waals surface area contributed by atoms with Crippen LogP contribution in [-0.4, -0.2) is 17.3 Å². The van der Waals surface area contributed by atoms with Gasteiger partial charge in [-0.3, -0.25) is 8.22 Å². The summed E-state index contributed by atoms with van der Waals surface area (Å²) in [6, 6.07) is 2.02. The third-order valence-corrected chi connectivity index (χ3v) is 12.3. The number of unbranched alkanes of at least 4 members (excludes halogenated alkanes) is 8. The van der Waals surface area contributed by atoms with Crippen molar-refractivity contribution in [1.82, 2.24) is 0 Å². The Morgan fingerprint density at radius 1 is 0.480 bits per heavy atom. The van der Waals surface area contributed by atoms with Crippen molar-refractivity contribution in [1.29, 1.82) is 0 Å². The quantitative estimate of drug-likeness (QED) is 0.128. The van der Waals surface area contributed by atoms with E-state index < -0.39 is 17.3 Å². The van der Waals surface area contributed by atoms with E-state index in [0.29, 0.717) is 24.2 Å². The molecule has 0 bridgehead atoms. The van der Waals surface area contributed by atoms with Gasteiger partial charge in [0.1, 0.15) is 0 Å². The topological polar surface area (TPSA) is 9.23 Å². The van der Waals surface area contributed by atoms with E-state index in [-0.39, 0.29) is 0 Å². The molecule has 5 heteroatoms. The van der Waals surface area contributed by atoms with Gasteiger partial charge in [-0.05, 0) is 24.2 Å². The minimum Gasteiger partial charge on any atom is -0.408 e. The van der Waals surface area contributed by atoms with Crippen molar-refractivity contribution in [3.63, 3.8) is 0 Å². The van der Waals surface area contributed by atoms with Gasteiger partial charge in [-0.2, -0.15) is 0 Å². The zero-order chi connectivity index (χ0) is 19.0. The SMILES string of the molecule is CCCCC[Si](F)(CCCCC)O[Si](F)(CCCCC)CCCCC. The largest absolute Gasteiger partial charge is 0.408 e. The fraction of sp³-hybridized carbons (Fsp3) is 1.00. The van der Waals surface area contributed by atoms with Crippen LogP contribution in [0.4, 0.5) is 8.22 Å². The Bertz CT molecular complexity index is 255. The zero-order valence-electron chi connectivity index (χ0n) is 17.5. The second kappa shape index (κ2) is 15.3. The summed E-state index contributed by atoms with van der Waals surface area (Å²) < 4.78 is 37.3. The standard InChI is InChI=1S/C20H44F2OSi2/c1-5-9-13-17-24(21,18-14-10-6-2)23-25(22,19-15-11-7-3)20-16-12-8-4/h5-20H2,1-4H3. The van der Waals surface area contributed by atoms with Crippen LogP contribution in [-0.2, 0) is 4.12 Å². The average molecular weight is 395 g/mol. The Hall–Kier alpha value is 0.254. The molecule has 0 radical (unpaired) electrons. The third kappa shape index (κ3) is 13.1. The van der Waals surface area contributed by atoms with Gasteiger partial charge in [-0.25, -0.2) is 0 Å². The van der Waals surface area contributed by atoms with Crippen LogP contribution in [0.2, 0.25) is 24.2 Å². The monoisotopic (exact) mass is 394 g/mol. The molecule has 0 aliphatic carbocycles. The van der Waals surface area contributed by atoms with E-state index in [0.717, 1.165) is 77.0 Å². The molecule has 0 aromatic carbocycles. The first-order chi connectivity index (χ1) is 11.9. The van der Waals surface area contributed by atoms with Crippen molar-refractivity contribution >= 4 is 17.3 Å². The molecular formula is C20H44F2OSi2. The lowest BCUT2D eigenvalue weighted by Gasteiger charge is -2.32. The van der Waals surface area contributed by atoms with E-state index in [2.05, 4.69) is 27.7 Å². The molecule has 0 aromatic heterocycles. The Morgan fingerprint density at radius 3 is 0.920 bits per heavy atom. The highest BCUT2D eigenvalue weighted by molar-refractivity contribution is 6.80. The third-order valence-electron chi connectivity index (χ3n) is 4.98. The van der Waals surface area contributed by atoms with Crippen LogP contribution >= 0.6 is 0 Å². The molecular weight excluding hydrogens is 350 g/mol. The van der Waals surface area contributed by atoms with Gasteiger partial charge in [-0.15, -0.1) is 0 Å². The number of hydrogen-bond donors (Lipinski definition) is 0. The molecule has 0 spiro atoms. The summed E-state index contributed by atoms with van der Waals surface area (Å²) >= 11 is 0. The van der Waals surface area contributed by atoms with E-state index >= 15 is 8.22 Å². The molecule has 0 saturated heterocycles. The van der Waals surface area contributed by atoms with E-state index in [1.54, 1.807) is 0 Å². The summed E-state index contributed by atoms with van der Waals surface area (Å²) in [6.45, 7) is 8.51. The number of rotatable bonds is 18. The molecule has 152 valence electrons. The van der Waals surface area contributed by atoms with E-state index in [9.17, 15) is 0 Å². The molecule has 0 aliphatic heterocycles. The van der Waals surface area contributed by atoms with Gasteiger partial charge in [0.2, 0.25) is 0 Å². The van der Waals surface area contributed by atoms with Crippen LogP contribution in [0, 0.1) is 0 Å². The second-order valence-electron chi connectivity index (χ2n) is 7.70. The summed E-state index contributed by atoms with van der Waals surface area (Å²) in [5.41, 5.74) is 0. The van der Waals surface area contributed by atoms with Crippen LogP contribution in [0.15, 0.2) is 0 Å². The molecule has 0 heterocycles. The van der Waals surface area contributed by atoms with Gasteiger partial charge in [0.05, 0.1) is 0 Å². The average Bonchev–Trinajstić information content (AvgIpc) is 2.56. The van der Waals surface area contributed by atoms with Crippen molar-refractivity contribution in [2.75, 3.05) is 0 Å². The summed E-state index contributed by atoms with van der Waals surface area (Å²) in [7, 11) is -6.79. The Kier molecular flexibility index (Phi) is 15.5. The first kappa shape index (κ1) is 25.3. The second-order valence-corrected chi connectivity index (χ2v) is 14.0. The molecule has 0 atom stereocenters. The van der Waals surface area contributed by atoms with Crippen molar-refractivity contribution < 1.29 is 12.3 Å². The summed E-state index contributed by atoms with van der Waals surface area (Å²) in [5.74, 6) is 0. The predicted molar refractivity (Wildman–Crippen MR) is 112 cm³/mol. The van der Waals surface area contributed by atoms with Crippen molar-refractivity contribution in [2.45, 2.75) is 129 Å². The minimum absolute atomic E-state index is 0.505. The molecule has 0 N–H and O–H groups in total. The first-order valence-electron chi connectivity index (χ1n) is 11.0. The van der Waals surface area contributed by atoms with Gasteiger partial charge >= 0.3 is 17.3 Å². The van der Waals surface area contributed by atoms with Crippen LogP contribution < -0.4 is 0 Å². The first-order valence-corrected chi connectivity index (χ1v) is 15.4. The Labute approximate surface area is 158 Å². The summed E-state index contributed by atoms with van der Waals surface area (Å²) in [4.78, 5) is 0. The van der Waals surface area contributed by atoms with Crippen molar-refractivity contribution in [3.8, 4) is 0 Å². The molecule has 0 rings (SSSR count). The van der Waals surface area contributed by atoms with E-state index in [4.69, 9.17) is 4.12 Å². The van der Waals surface area contributed by atoms with E-state index in [1.165, 1.54) is 0 Å². The molecule has 25 heavy (non-hydrogen) atoms. The lowest BCUT2D eigenvalue weighted by Crippen LogP contribution is -2.46. The Balaban J connectivity index is 4.90. The van der Waals surface area contributed by atoms with Crippen LogP contribution in [0.5, 0.6) is 0 Å². The lowest BCUT2D eigenvalue weighted by molar-refractivity contribution is 0.374. The highest BCUT2D eigenvalue weighted by Gasteiger charge is 2.47. The van der Waals surface area contributed by atoms with Gasteiger partial charge in [-0.1, -0.05) is 105 Å². The van der Waals surface area contributed by atoms with E-state index in [1.807, 2.05) is 0 Å². The molecule has 0 unspecified atom stereocenters. The van der Waals surface area contributed by atoms with Crippen molar-refractivity contribution in [2.24, 2.45) is 0 Å². The maximum atomic E-state index is 15.7. The van der Waals surface area contributed by atoms with Gasteiger partial charge in [0, 0.05) is 0 Å². The summed E-state index contributed by atoms with van der Waals surface area (Å²) in [6.07, 6.45) is 11.9. The predicted octanol–water partition coefficient (Wildman–Crippen LogP) is 8.59. The van der Waals surface area contributed by atoms with Gasteiger partial charge in [0.25, 0.3) is 0 Å². The molecule has 0 saturated carbocycles. The lowest BCUT2D eigenvalue weighted by atomic mass is 10.3. The highest BCUT2D eigenvalue weighted by Crippen LogP contribution is 2.34. The fourth-order valence-corrected chi connectivity index (χ4v) is 11.2. The maximum absolute atomic E-state index is 15.7. The van der Waals surface area contributed by atoms with Gasteiger partial charge < -0.3 is 4.12 Å². The van der Waals surface area contributed by atoms with Crippen LogP contribution in [0.3, 0.4) is 0 Å². The number of halogens is 2. The molecule has 0 aromatic rings. The summed E-state index contributed by atoms with van der Waals surface area (Å²) in [5, 5.41) is 0. The molecule has 0 fully saturated rings. The van der Waals surface area contributed by atoms with Crippen molar-refractivity contribution in [3.05, 3.63) is 0 Å². The molecule has 1 nitrogen and oxygen atoms in total. The highest BCUT2D eigenvalue weighted by atomic mass is 28.5. The maximum Gasteiger partial charge on any atom is 0.375 e. The zero-order valence-corrected chi connectivity index (χ0v) is 19.5. The minimum atomic E-state index is -3.39. The number of hydrogen-bond acceptors (Lipinski definition) is 1. The normalized spacial score (nSPS) is 12.7.